The van der Waals surface area contributed by atoms with Gasteiger partial charge in [0.1, 0.15) is 11.5 Å². The molecule has 0 radical (unpaired) electrons. The van der Waals surface area contributed by atoms with Gasteiger partial charge >= 0.3 is 0 Å². The lowest BCUT2D eigenvalue weighted by atomic mass is 9.95. The van der Waals surface area contributed by atoms with E-state index in [1.165, 1.54) is 4.90 Å². The van der Waals surface area contributed by atoms with Gasteiger partial charge in [0, 0.05) is 15.7 Å². The van der Waals surface area contributed by atoms with Crippen LogP contribution in [0.25, 0.3) is 5.76 Å². The average Bonchev–Trinajstić information content (AvgIpc) is 3.06. The van der Waals surface area contributed by atoms with E-state index in [9.17, 15) is 14.7 Å². The number of rotatable bonds is 5. The van der Waals surface area contributed by atoms with Crippen molar-refractivity contribution in [3.05, 3.63) is 99.5 Å². The second kappa shape index (κ2) is 9.01. The van der Waals surface area contributed by atoms with E-state index < -0.39 is 17.7 Å². The first kappa shape index (κ1) is 21.8. The number of hydrogen-bond acceptors (Lipinski definition) is 4. The number of aliphatic hydroxyl groups is 1. The Morgan fingerprint density at radius 2 is 1.59 bits per heavy atom. The maximum atomic E-state index is 13.1. The summed E-state index contributed by atoms with van der Waals surface area (Å²) in [6.07, 6.45) is 0. The largest absolute Gasteiger partial charge is 0.507 e. The molecule has 162 valence electrons. The molecule has 1 saturated heterocycles. The Kier molecular flexibility index (Phi) is 6.15. The fraction of sp³-hybridized carbons (Fsp3) is 0.154. The van der Waals surface area contributed by atoms with Crippen molar-refractivity contribution in [1.82, 2.24) is 0 Å². The molecule has 6 heteroatoms. The number of ketones is 1. The fourth-order valence-corrected chi connectivity index (χ4v) is 4.06. The summed E-state index contributed by atoms with van der Waals surface area (Å²) in [6.45, 7) is 4.39. The van der Waals surface area contributed by atoms with Crippen LogP contribution in [0.5, 0.6) is 5.75 Å². The van der Waals surface area contributed by atoms with Crippen LogP contribution in [0.3, 0.4) is 0 Å². The molecule has 4 rings (SSSR count). The molecule has 1 atom stereocenters. The van der Waals surface area contributed by atoms with E-state index in [2.05, 4.69) is 15.9 Å². The Hall–Kier alpha value is -3.38. The zero-order valence-corrected chi connectivity index (χ0v) is 19.3. The van der Waals surface area contributed by atoms with E-state index in [1.807, 2.05) is 50.2 Å². The SMILES string of the molecule is CCOc1ccc(C2/C(=C(\O)c3ccc(Br)cc3)C(=O)C(=O)N2c2ccc(C)cc2)cc1. The number of amides is 1. The van der Waals surface area contributed by atoms with E-state index in [-0.39, 0.29) is 11.3 Å². The summed E-state index contributed by atoms with van der Waals surface area (Å²) in [5, 5.41) is 11.1. The van der Waals surface area contributed by atoms with Crippen molar-refractivity contribution in [2.75, 3.05) is 11.5 Å². The normalized spacial score (nSPS) is 17.6. The number of ether oxygens (including phenoxy) is 1. The van der Waals surface area contributed by atoms with Crippen LogP contribution in [-0.2, 0) is 9.59 Å². The smallest absolute Gasteiger partial charge is 0.300 e. The van der Waals surface area contributed by atoms with Crippen LogP contribution in [0.15, 0.2) is 82.8 Å². The zero-order chi connectivity index (χ0) is 22.8. The minimum absolute atomic E-state index is 0.0575. The molecule has 0 aromatic heterocycles. The summed E-state index contributed by atoms with van der Waals surface area (Å²) < 4.78 is 6.38. The van der Waals surface area contributed by atoms with Gasteiger partial charge in [-0.15, -0.1) is 0 Å². The van der Waals surface area contributed by atoms with Gasteiger partial charge in [-0.25, -0.2) is 0 Å². The van der Waals surface area contributed by atoms with Crippen LogP contribution in [0.2, 0.25) is 0 Å². The molecule has 1 amide bonds. The van der Waals surface area contributed by atoms with Crippen LogP contribution in [-0.4, -0.2) is 23.4 Å². The molecular weight excluding hydrogens is 470 g/mol. The number of halogens is 1. The molecule has 32 heavy (non-hydrogen) atoms. The molecule has 5 nitrogen and oxygen atoms in total. The minimum atomic E-state index is -0.767. The number of anilines is 1. The van der Waals surface area contributed by atoms with Crippen molar-refractivity contribution >= 4 is 39.1 Å². The number of carbonyl (C=O) groups excluding carboxylic acids is 2. The first-order valence-corrected chi connectivity index (χ1v) is 11.1. The Bertz CT molecular complexity index is 1180. The standard InChI is InChI=1S/C26H22BrNO4/c1-3-32-21-14-8-17(9-15-21)23-22(24(29)18-6-10-19(27)11-7-18)25(30)26(31)28(23)20-12-4-16(2)5-13-20/h4-15,23,29H,3H2,1-2H3/b24-22+. The molecule has 0 aliphatic carbocycles. The van der Waals surface area contributed by atoms with Crippen molar-refractivity contribution < 1.29 is 19.4 Å². The zero-order valence-electron chi connectivity index (χ0n) is 17.7. The molecule has 1 heterocycles. The lowest BCUT2D eigenvalue weighted by Crippen LogP contribution is -2.29. The number of nitrogens with zero attached hydrogens (tertiary/aromatic N) is 1. The summed E-state index contributed by atoms with van der Waals surface area (Å²) in [6, 6.07) is 20.8. The Labute approximate surface area is 195 Å². The molecule has 0 spiro atoms. The monoisotopic (exact) mass is 491 g/mol. The fourth-order valence-electron chi connectivity index (χ4n) is 3.80. The Morgan fingerprint density at radius 3 is 2.19 bits per heavy atom. The van der Waals surface area contributed by atoms with Gasteiger partial charge in [0.05, 0.1) is 18.2 Å². The molecule has 1 unspecified atom stereocenters. The molecule has 3 aromatic rings. The number of Topliss-reactive ketones (excluding diaryl/α,β-unsaturated/α-hetero) is 1. The lowest BCUT2D eigenvalue weighted by molar-refractivity contribution is -0.132. The summed E-state index contributed by atoms with van der Waals surface area (Å²) >= 11 is 3.37. The van der Waals surface area contributed by atoms with Gasteiger partial charge in [0.15, 0.2) is 0 Å². The van der Waals surface area contributed by atoms with Crippen LogP contribution < -0.4 is 9.64 Å². The predicted octanol–water partition coefficient (Wildman–Crippen LogP) is 5.78. The average molecular weight is 492 g/mol. The van der Waals surface area contributed by atoms with Gasteiger partial charge in [-0.1, -0.05) is 57.9 Å². The molecule has 3 aromatic carbocycles. The van der Waals surface area contributed by atoms with Crippen molar-refractivity contribution in [3.63, 3.8) is 0 Å². The van der Waals surface area contributed by atoms with E-state index >= 15 is 0 Å². The van der Waals surface area contributed by atoms with Gasteiger partial charge in [-0.3, -0.25) is 14.5 Å². The maximum absolute atomic E-state index is 13.1. The molecule has 0 saturated carbocycles. The van der Waals surface area contributed by atoms with Gasteiger partial charge < -0.3 is 9.84 Å². The quantitative estimate of drug-likeness (QED) is 0.279. The van der Waals surface area contributed by atoms with Crippen molar-refractivity contribution in [2.24, 2.45) is 0 Å². The van der Waals surface area contributed by atoms with Gasteiger partial charge in [-0.2, -0.15) is 0 Å². The number of carbonyl (C=O) groups is 2. The van der Waals surface area contributed by atoms with E-state index in [4.69, 9.17) is 4.74 Å². The Morgan fingerprint density at radius 1 is 0.969 bits per heavy atom. The number of benzene rings is 3. The molecule has 1 N–H and O–H groups in total. The molecule has 0 bridgehead atoms. The molecular formula is C26H22BrNO4. The summed E-state index contributed by atoms with van der Waals surface area (Å²) in [5.41, 5.74) is 2.85. The molecule has 1 aliphatic rings. The maximum Gasteiger partial charge on any atom is 0.300 e. The van der Waals surface area contributed by atoms with Crippen LogP contribution in [0.1, 0.15) is 29.7 Å². The summed E-state index contributed by atoms with van der Waals surface area (Å²) in [5.74, 6) is -0.905. The van der Waals surface area contributed by atoms with E-state index in [1.54, 1.807) is 36.4 Å². The van der Waals surface area contributed by atoms with E-state index in [0.717, 1.165) is 10.0 Å². The highest BCUT2D eigenvalue weighted by Crippen LogP contribution is 2.42. The van der Waals surface area contributed by atoms with Crippen molar-refractivity contribution in [3.8, 4) is 5.75 Å². The Balaban J connectivity index is 1.89. The number of aliphatic hydroxyl groups excluding tert-OH is 1. The van der Waals surface area contributed by atoms with Gasteiger partial charge in [-0.05, 0) is 55.8 Å². The van der Waals surface area contributed by atoms with Gasteiger partial charge in [0.2, 0.25) is 0 Å². The van der Waals surface area contributed by atoms with Crippen molar-refractivity contribution in [2.45, 2.75) is 19.9 Å². The third-order valence-corrected chi connectivity index (χ3v) is 5.91. The number of aryl methyl sites for hydroxylation is 1. The highest BCUT2D eigenvalue weighted by Gasteiger charge is 2.46. The first-order chi connectivity index (χ1) is 15.4. The predicted molar refractivity (Wildman–Crippen MR) is 128 cm³/mol. The third kappa shape index (κ3) is 4.06. The summed E-state index contributed by atoms with van der Waals surface area (Å²) in [7, 11) is 0. The van der Waals surface area contributed by atoms with Crippen LogP contribution >= 0.6 is 15.9 Å². The highest BCUT2D eigenvalue weighted by molar-refractivity contribution is 9.10. The topological polar surface area (TPSA) is 66.8 Å². The highest BCUT2D eigenvalue weighted by atomic mass is 79.9. The second-order valence-electron chi connectivity index (χ2n) is 7.51. The first-order valence-electron chi connectivity index (χ1n) is 10.3. The lowest BCUT2D eigenvalue weighted by Gasteiger charge is -2.25. The van der Waals surface area contributed by atoms with Crippen LogP contribution in [0.4, 0.5) is 5.69 Å². The number of hydrogen-bond donors (Lipinski definition) is 1. The van der Waals surface area contributed by atoms with E-state index in [0.29, 0.717) is 29.2 Å². The molecule has 1 fully saturated rings. The van der Waals surface area contributed by atoms with Crippen molar-refractivity contribution in [1.29, 1.82) is 0 Å². The second-order valence-corrected chi connectivity index (χ2v) is 8.43. The van der Waals surface area contributed by atoms with Gasteiger partial charge in [0.25, 0.3) is 11.7 Å². The van der Waals surface area contributed by atoms with Crippen LogP contribution in [0, 0.1) is 6.92 Å². The minimum Gasteiger partial charge on any atom is -0.507 e. The molecule has 1 aliphatic heterocycles. The third-order valence-electron chi connectivity index (χ3n) is 5.38. The summed E-state index contributed by atoms with van der Waals surface area (Å²) in [4.78, 5) is 27.7.